The van der Waals surface area contributed by atoms with E-state index in [4.69, 9.17) is 0 Å². The summed E-state index contributed by atoms with van der Waals surface area (Å²) in [7, 11) is 0. The fourth-order valence-corrected chi connectivity index (χ4v) is 3.12. The van der Waals surface area contributed by atoms with Crippen LogP contribution >= 0.6 is 11.8 Å². The molecule has 1 aromatic rings. The number of hydrogen-bond donors (Lipinski definition) is 1. The number of alkyl halides is 3. The molecule has 22 heavy (non-hydrogen) atoms. The number of amides is 1. The molecule has 1 heterocycles. The summed E-state index contributed by atoms with van der Waals surface area (Å²) < 4.78 is 36.7. The van der Waals surface area contributed by atoms with E-state index in [-0.39, 0.29) is 11.7 Å². The lowest BCUT2D eigenvalue weighted by Gasteiger charge is -2.29. The van der Waals surface area contributed by atoms with Crippen LogP contribution in [0.2, 0.25) is 0 Å². The molecule has 3 nitrogen and oxygen atoms in total. The number of anilines is 1. The molecule has 0 radical (unpaired) electrons. The summed E-state index contributed by atoms with van der Waals surface area (Å²) in [5.41, 5.74) is -0.830. The summed E-state index contributed by atoms with van der Waals surface area (Å²) >= 11 is 1.58. The fourth-order valence-electron chi connectivity index (χ4n) is 1.95. The standard InChI is InChI=1S/C15H19F3N2OS/c1-14(2,22-9-10-4-3-5-10)13(21)20-12-7-6-11(8-19-12)15(16,17)18/h6-8,10H,3-5,9H2,1-2H3,(H,19,20,21). The molecule has 0 aliphatic heterocycles. The van der Waals surface area contributed by atoms with Crippen molar-refractivity contribution in [1.82, 2.24) is 4.98 Å². The molecule has 1 saturated carbocycles. The molecule has 0 aromatic carbocycles. The molecule has 0 saturated heterocycles. The minimum Gasteiger partial charge on any atom is -0.310 e. The molecule has 122 valence electrons. The van der Waals surface area contributed by atoms with Crippen LogP contribution in [-0.4, -0.2) is 21.4 Å². The van der Waals surface area contributed by atoms with E-state index in [1.165, 1.54) is 25.3 Å². The number of pyridine rings is 1. The molecule has 0 bridgehead atoms. The van der Waals surface area contributed by atoms with Crippen molar-refractivity contribution in [3.63, 3.8) is 0 Å². The Morgan fingerprint density at radius 3 is 2.50 bits per heavy atom. The third-order valence-corrected chi connectivity index (χ3v) is 5.33. The van der Waals surface area contributed by atoms with Crippen LogP contribution in [0, 0.1) is 5.92 Å². The molecule has 1 aliphatic carbocycles. The molecule has 2 rings (SSSR count). The molecule has 1 aromatic heterocycles. The summed E-state index contributed by atoms with van der Waals surface area (Å²) in [6.07, 6.45) is -0.0127. The van der Waals surface area contributed by atoms with Crippen molar-refractivity contribution in [3.05, 3.63) is 23.9 Å². The van der Waals surface area contributed by atoms with E-state index in [1.54, 1.807) is 11.8 Å². The second-order valence-corrected chi connectivity index (χ2v) is 7.64. The lowest BCUT2D eigenvalue weighted by Crippen LogP contribution is -2.35. The van der Waals surface area contributed by atoms with Crippen molar-refractivity contribution in [2.75, 3.05) is 11.1 Å². The van der Waals surface area contributed by atoms with Crippen LogP contribution in [0.15, 0.2) is 18.3 Å². The molecule has 1 fully saturated rings. The van der Waals surface area contributed by atoms with E-state index in [9.17, 15) is 18.0 Å². The van der Waals surface area contributed by atoms with Gasteiger partial charge in [-0.2, -0.15) is 13.2 Å². The van der Waals surface area contributed by atoms with Crippen LogP contribution in [-0.2, 0) is 11.0 Å². The van der Waals surface area contributed by atoms with Gasteiger partial charge in [-0.25, -0.2) is 4.98 Å². The Morgan fingerprint density at radius 1 is 1.36 bits per heavy atom. The number of halogens is 3. The Balaban J connectivity index is 1.92. The Morgan fingerprint density at radius 2 is 2.05 bits per heavy atom. The Kier molecular flexibility index (Phi) is 5.04. The molecule has 1 amide bonds. The zero-order valence-electron chi connectivity index (χ0n) is 12.5. The summed E-state index contributed by atoms with van der Waals surface area (Å²) in [5.74, 6) is 1.50. The third-order valence-electron chi connectivity index (χ3n) is 3.78. The second kappa shape index (κ2) is 6.48. The Bertz CT molecular complexity index is 525. The van der Waals surface area contributed by atoms with Crippen molar-refractivity contribution in [3.8, 4) is 0 Å². The lowest BCUT2D eigenvalue weighted by atomic mass is 9.87. The van der Waals surface area contributed by atoms with Gasteiger partial charge in [0.1, 0.15) is 5.82 Å². The van der Waals surface area contributed by atoms with Crippen molar-refractivity contribution >= 4 is 23.5 Å². The van der Waals surface area contributed by atoms with E-state index in [2.05, 4.69) is 10.3 Å². The average Bonchev–Trinajstić information content (AvgIpc) is 2.36. The van der Waals surface area contributed by atoms with E-state index in [0.717, 1.165) is 18.0 Å². The van der Waals surface area contributed by atoms with Gasteiger partial charge in [0.2, 0.25) is 5.91 Å². The third kappa shape index (κ3) is 4.38. The van der Waals surface area contributed by atoms with Crippen molar-refractivity contribution < 1.29 is 18.0 Å². The number of hydrogen-bond acceptors (Lipinski definition) is 3. The minimum atomic E-state index is -4.42. The first kappa shape index (κ1) is 17.1. The number of rotatable bonds is 5. The van der Waals surface area contributed by atoms with Crippen LogP contribution in [0.5, 0.6) is 0 Å². The van der Waals surface area contributed by atoms with E-state index < -0.39 is 16.5 Å². The van der Waals surface area contributed by atoms with E-state index >= 15 is 0 Å². The van der Waals surface area contributed by atoms with Crippen LogP contribution < -0.4 is 5.32 Å². The largest absolute Gasteiger partial charge is 0.417 e. The van der Waals surface area contributed by atoms with Crippen molar-refractivity contribution in [2.45, 2.75) is 44.0 Å². The smallest absolute Gasteiger partial charge is 0.310 e. The van der Waals surface area contributed by atoms with Gasteiger partial charge in [-0.15, -0.1) is 11.8 Å². The fraction of sp³-hybridized carbons (Fsp3) is 0.600. The first-order chi connectivity index (χ1) is 10.2. The predicted octanol–water partition coefficient (Wildman–Crippen LogP) is 4.35. The second-order valence-electron chi connectivity index (χ2n) is 6.00. The van der Waals surface area contributed by atoms with Gasteiger partial charge in [0.05, 0.1) is 10.3 Å². The van der Waals surface area contributed by atoms with Crippen LogP contribution in [0.1, 0.15) is 38.7 Å². The first-order valence-electron chi connectivity index (χ1n) is 7.17. The molecule has 1 aliphatic rings. The van der Waals surface area contributed by atoms with Gasteiger partial charge >= 0.3 is 6.18 Å². The molecule has 7 heteroatoms. The van der Waals surface area contributed by atoms with Gasteiger partial charge in [0, 0.05) is 6.20 Å². The topological polar surface area (TPSA) is 42.0 Å². The number of carbonyl (C=O) groups excluding carboxylic acids is 1. The van der Waals surface area contributed by atoms with Crippen molar-refractivity contribution in [2.24, 2.45) is 5.92 Å². The van der Waals surface area contributed by atoms with E-state index in [0.29, 0.717) is 5.92 Å². The number of nitrogens with one attached hydrogen (secondary N) is 1. The predicted molar refractivity (Wildman–Crippen MR) is 81.7 cm³/mol. The van der Waals surface area contributed by atoms with Gasteiger partial charge in [-0.1, -0.05) is 6.42 Å². The van der Waals surface area contributed by atoms with Gasteiger partial charge < -0.3 is 5.32 Å². The number of nitrogens with zero attached hydrogens (tertiary/aromatic N) is 1. The highest BCUT2D eigenvalue weighted by Gasteiger charge is 2.32. The van der Waals surface area contributed by atoms with Crippen LogP contribution in [0.4, 0.5) is 19.0 Å². The summed E-state index contributed by atoms with van der Waals surface area (Å²) in [6.45, 7) is 3.63. The molecular formula is C15H19F3N2OS. The monoisotopic (exact) mass is 332 g/mol. The number of aromatic nitrogens is 1. The summed E-state index contributed by atoms with van der Waals surface area (Å²) in [5, 5.41) is 2.58. The lowest BCUT2D eigenvalue weighted by molar-refractivity contribution is -0.137. The molecule has 0 unspecified atom stereocenters. The maximum absolute atomic E-state index is 12.5. The SMILES string of the molecule is CC(C)(SCC1CCC1)C(=O)Nc1ccc(C(F)(F)F)cn1. The highest BCUT2D eigenvalue weighted by molar-refractivity contribution is 8.01. The molecular weight excluding hydrogens is 313 g/mol. The normalized spacial score (nSPS) is 16.2. The maximum atomic E-state index is 12.5. The maximum Gasteiger partial charge on any atom is 0.417 e. The zero-order chi connectivity index (χ0) is 16.4. The molecule has 0 atom stereocenters. The molecule has 0 spiro atoms. The van der Waals surface area contributed by atoms with Crippen LogP contribution in [0.25, 0.3) is 0 Å². The quantitative estimate of drug-likeness (QED) is 0.871. The highest BCUT2D eigenvalue weighted by atomic mass is 32.2. The van der Waals surface area contributed by atoms with Gasteiger partial charge in [-0.3, -0.25) is 4.79 Å². The van der Waals surface area contributed by atoms with Gasteiger partial charge in [-0.05, 0) is 50.5 Å². The van der Waals surface area contributed by atoms with Crippen molar-refractivity contribution in [1.29, 1.82) is 0 Å². The summed E-state index contributed by atoms with van der Waals surface area (Å²) in [4.78, 5) is 15.9. The first-order valence-corrected chi connectivity index (χ1v) is 8.16. The van der Waals surface area contributed by atoms with Gasteiger partial charge in [0.25, 0.3) is 0 Å². The van der Waals surface area contributed by atoms with Gasteiger partial charge in [0.15, 0.2) is 0 Å². The highest BCUT2D eigenvalue weighted by Crippen LogP contribution is 2.35. The minimum absolute atomic E-state index is 0.135. The van der Waals surface area contributed by atoms with E-state index in [1.807, 2.05) is 13.8 Å². The zero-order valence-corrected chi connectivity index (χ0v) is 13.4. The number of thioether (sulfide) groups is 1. The number of carbonyl (C=O) groups is 1. The molecule has 1 N–H and O–H groups in total. The average molecular weight is 332 g/mol. The Labute approximate surface area is 132 Å². The Hall–Kier alpha value is -1.24. The van der Waals surface area contributed by atoms with Crippen LogP contribution in [0.3, 0.4) is 0 Å². The summed E-state index contributed by atoms with van der Waals surface area (Å²) in [6, 6.07) is 2.09.